The Hall–Kier alpha value is -0.0400. The number of hydrogen-bond acceptors (Lipinski definition) is 1. The van der Waals surface area contributed by atoms with Crippen LogP contribution in [0.5, 0.6) is 0 Å². The van der Waals surface area contributed by atoms with Gasteiger partial charge < -0.3 is 5.11 Å². The van der Waals surface area contributed by atoms with Crippen LogP contribution in [0.25, 0.3) is 0 Å². The third-order valence-electron chi connectivity index (χ3n) is 8.36. The van der Waals surface area contributed by atoms with Gasteiger partial charge >= 0.3 is 0 Å². The van der Waals surface area contributed by atoms with Gasteiger partial charge in [0.15, 0.2) is 0 Å². The zero-order valence-electron chi connectivity index (χ0n) is 13.2. The van der Waals surface area contributed by atoms with Gasteiger partial charge in [0.1, 0.15) is 0 Å². The smallest absolute Gasteiger partial charge is 0.0492 e. The molecule has 1 unspecified atom stereocenters. The third-order valence-corrected chi connectivity index (χ3v) is 8.36. The molecule has 0 heterocycles. The van der Waals surface area contributed by atoms with Crippen LogP contribution in [-0.4, -0.2) is 11.7 Å². The Morgan fingerprint density at radius 3 is 2.60 bits per heavy atom. The van der Waals surface area contributed by atoms with E-state index in [2.05, 4.69) is 6.92 Å². The van der Waals surface area contributed by atoms with Gasteiger partial charge in [-0.3, -0.25) is 0 Å². The van der Waals surface area contributed by atoms with Gasteiger partial charge in [-0.05, 0) is 85.9 Å². The number of hydrogen-bond donors (Lipinski definition) is 1. The monoisotopic (exact) mass is 276 g/mol. The highest BCUT2D eigenvalue weighted by atomic mass is 16.3. The predicted molar refractivity (Wildman–Crippen MR) is 82.4 cm³/mol. The first-order chi connectivity index (χ1) is 9.70. The van der Waals surface area contributed by atoms with E-state index in [4.69, 9.17) is 0 Å². The molecule has 4 aliphatic rings. The van der Waals surface area contributed by atoms with Crippen LogP contribution < -0.4 is 0 Å². The molecule has 0 amide bonds. The second-order valence-electron chi connectivity index (χ2n) is 8.87. The average Bonchev–Trinajstić information content (AvgIpc) is 2.88. The molecule has 4 fully saturated rings. The van der Waals surface area contributed by atoms with Gasteiger partial charge in [0, 0.05) is 6.61 Å². The topological polar surface area (TPSA) is 20.2 Å². The summed E-state index contributed by atoms with van der Waals surface area (Å²) < 4.78 is 0. The molecule has 0 radical (unpaired) electrons. The SMILES string of the molecule is C[C@@]12CCC[C@H]1[C@@H]1CCC3CCCC[C@]3(CO)[C@H]1CC2. The van der Waals surface area contributed by atoms with Crippen LogP contribution in [0.15, 0.2) is 0 Å². The Kier molecular flexibility index (Phi) is 3.22. The van der Waals surface area contributed by atoms with Crippen molar-refractivity contribution < 1.29 is 5.11 Å². The van der Waals surface area contributed by atoms with Gasteiger partial charge in [-0.15, -0.1) is 0 Å². The number of aliphatic hydroxyl groups is 1. The lowest BCUT2D eigenvalue weighted by Crippen LogP contribution is -2.54. The van der Waals surface area contributed by atoms with Crippen LogP contribution >= 0.6 is 0 Å². The summed E-state index contributed by atoms with van der Waals surface area (Å²) in [5.74, 6) is 3.67. The minimum Gasteiger partial charge on any atom is -0.396 e. The third kappa shape index (κ3) is 1.71. The Labute approximate surface area is 124 Å². The van der Waals surface area contributed by atoms with E-state index >= 15 is 0 Å². The van der Waals surface area contributed by atoms with Gasteiger partial charge in [-0.1, -0.05) is 26.2 Å². The number of fused-ring (bicyclic) bond motifs is 5. The minimum atomic E-state index is 0.338. The average molecular weight is 276 g/mol. The Morgan fingerprint density at radius 2 is 1.75 bits per heavy atom. The molecule has 0 aliphatic heterocycles. The fraction of sp³-hybridized carbons (Fsp3) is 1.00. The molecule has 114 valence electrons. The summed E-state index contributed by atoms with van der Waals surface area (Å²) in [4.78, 5) is 0. The highest BCUT2D eigenvalue weighted by Gasteiger charge is 2.58. The molecule has 4 saturated carbocycles. The Bertz CT molecular complexity index is 378. The van der Waals surface area contributed by atoms with E-state index in [1.54, 1.807) is 0 Å². The molecule has 1 heteroatoms. The molecule has 0 saturated heterocycles. The lowest BCUT2D eigenvalue weighted by atomic mass is 9.45. The van der Waals surface area contributed by atoms with Crippen LogP contribution in [0.3, 0.4) is 0 Å². The lowest BCUT2D eigenvalue weighted by Gasteiger charge is -2.60. The van der Waals surface area contributed by atoms with Crippen LogP contribution in [0, 0.1) is 34.5 Å². The molecule has 0 spiro atoms. The summed E-state index contributed by atoms with van der Waals surface area (Å²) in [6.45, 7) is 3.07. The molecule has 0 aromatic carbocycles. The van der Waals surface area contributed by atoms with Crippen LogP contribution in [-0.2, 0) is 0 Å². The van der Waals surface area contributed by atoms with Crippen molar-refractivity contribution in [2.24, 2.45) is 34.5 Å². The summed E-state index contributed by atoms with van der Waals surface area (Å²) in [6.07, 6.45) is 15.8. The maximum Gasteiger partial charge on any atom is 0.0492 e. The second-order valence-corrected chi connectivity index (χ2v) is 8.87. The summed E-state index contributed by atoms with van der Waals surface area (Å²) in [5.41, 5.74) is 1.00. The molecule has 0 aromatic heterocycles. The van der Waals surface area contributed by atoms with Gasteiger partial charge in [-0.25, -0.2) is 0 Å². The van der Waals surface area contributed by atoms with Crippen molar-refractivity contribution in [2.45, 2.75) is 77.6 Å². The van der Waals surface area contributed by atoms with E-state index in [-0.39, 0.29) is 0 Å². The van der Waals surface area contributed by atoms with Gasteiger partial charge in [0.25, 0.3) is 0 Å². The highest BCUT2D eigenvalue weighted by molar-refractivity contribution is 5.07. The van der Waals surface area contributed by atoms with Crippen molar-refractivity contribution in [1.29, 1.82) is 0 Å². The lowest BCUT2D eigenvalue weighted by molar-refractivity contribution is -0.134. The molecule has 20 heavy (non-hydrogen) atoms. The standard InChI is InChI=1S/C19H32O/c1-18-10-4-6-16(18)15-8-7-14-5-2-3-11-19(14,13-20)17(15)9-12-18/h14-17,20H,2-13H2,1H3/t14?,15-,16-,17-,18-,19+/m0/s1. The van der Waals surface area contributed by atoms with Crippen molar-refractivity contribution in [3.8, 4) is 0 Å². The summed E-state index contributed by atoms with van der Waals surface area (Å²) in [7, 11) is 0. The van der Waals surface area contributed by atoms with Crippen LogP contribution in [0.1, 0.15) is 77.6 Å². The molecular formula is C19H32O. The molecule has 1 nitrogen and oxygen atoms in total. The van der Waals surface area contributed by atoms with Gasteiger partial charge in [0.2, 0.25) is 0 Å². The normalized spacial score (nSPS) is 54.9. The van der Waals surface area contributed by atoms with E-state index in [0.29, 0.717) is 17.4 Å². The first-order valence-corrected chi connectivity index (χ1v) is 9.30. The van der Waals surface area contributed by atoms with E-state index in [9.17, 15) is 5.11 Å². The quantitative estimate of drug-likeness (QED) is 0.730. The molecule has 0 bridgehead atoms. The van der Waals surface area contributed by atoms with Crippen molar-refractivity contribution in [3.05, 3.63) is 0 Å². The molecule has 6 atom stereocenters. The fourth-order valence-corrected chi connectivity index (χ4v) is 7.37. The van der Waals surface area contributed by atoms with Crippen molar-refractivity contribution in [3.63, 3.8) is 0 Å². The number of rotatable bonds is 1. The molecule has 1 N–H and O–H groups in total. The Morgan fingerprint density at radius 1 is 0.850 bits per heavy atom. The van der Waals surface area contributed by atoms with Gasteiger partial charge in [-0.2, -0.15) is 0 Å². The summed E-state index contributed by atoms with van der Waals surface area (Å²) in [5, 5.41) is 10.3. The maximum absolute atomic E-state index is 10.3. The van der Waals surface area contributed by atoms with E-state index in [0.717, 1.165) is 23.7 Å². The van der Waals surface area contributed by atoms with Gasteiger partial charge in [0.05, 0.1) is 0 Å². The van der Waals surface area contributed by atoms with Crippen molar-refractivity contribution in [1.82, 2.24) is 0 Å². The fourth-order valence-electron chi connectivity index (χ4n) is 7.37. The largest absolute Gasteiger partial charge is 0.396 e. The van der Waals surface area contributed by atoms with Crippen LogP contribution in [0.2, 0.25) is 0 Å². The van der Waals surface area contributed by atoms with E-state index < -0.39 is 0 Å². The molecule has 0 aromatic rings. The zero-order chi connectivity index (χ0) is 13.8. The molecule has 4 aliphatic carbocycles. The van der Waals surface area contributed by atoms with Crippen molar-refractivity contribution >= 4 is 0 Å². The second kappa shape index (κ2) is 4.73. The zero-order valence-corrected chi connectivity index (χ0v) is 13.2. The predicted octanol–water partition coefficient (Wildman–Crippen LogP) is 4.78. The molecule has 4 rings (SSSR count). The Balaban J connectivity index is 1.66. The number of aliphatic hydroxyl groups excluding tert-OH is 1. The first-order valence-electron chi connectivity index (χ1n) is 9.30. The minimum absolute atomic E-state index is 0.338. The summed E-state index contributed by atoms with van der Waals surface area (Å²) >= 11 is 0. The summed E-state index contributed by atoms with van der Waals surface area (Å²) in [6, 6.07) is 0. The van der Waals surface area contributed by atoms with E-state index in [1.165, 1.54) is 70.6 Å². The van der Waals surface area contributed by atoms with Crippen LogP contribution in [0.4, 0.5) is 0 Å². The highest BCUT2D eigenvalue weighted by Crippen LogP contribution is 2.66. The molecular weight excluding hydrogens is 244 g/mol. The first kappa shape index (κ1) is 13.6. The van der Waals surface area contributed by atoms with E-state index in [1.807, 2.05) is 0 Å². The maximum atomic E-state index is 10.3. The van der Waals surface area contributed by atoms with Crippen molar-refractivity contribution in [2.75, 3.05) is 6.61 Å².